The van der Waals surface area contributed by atoms with E-state index in [1.807, 2.05) is 11.5 Å². The number of hydrogen-bond acceptors (Lipinski definition) is 3. The average Bonchev–Trinajstić information content (AvgIpc) is 2.52. The minimum atomic E-state index is 0.0188. The van der Waals surface area contributed by atoms with Gasteiger partial charge in [-0.1, -0.05) is 6.08 Å². The summed E-state index contributed by atoms with van der Waals surface area (Å²) in [6.07, 6.45) is 4.66. The summed E-state index contributed by atoms with van der Waals surface area (Å²) in [6, 6.07) is 0. The molecule has 1 aliphatic heterocycles. The van der Waals surface area contributed by atoms with Crippen molar-refractivity contribution in [3.8, 4) is 5.40 Å². The maximum absolute atomic E-state index is 11.1. The van der Waals surface area contributed by atoms with Crippen molar-refractivity contribution in [2.45, 2.75) is 6.42 Å². The van der Waals surface area contributed by atoms with Gasteiger partial charge >= 0.3 is 0 Å². The first-order valence-corrected chi connectivity index (χ1v) is 4.30. The number of carbonyl (C=O) groups excluding carboxylic acids is 1. The van der Waals surface area contributed by atoms with Gasteiger partial charge in [-0.05, 0) is 18.2 Å². The van der Waals surface area contributed by atoms with Gasteiger partial charge in [0.05, 0.1) is 5.75 Å². The fourth-order valence-corrected chi connectivity index (χ4v) is 1.23. The average molecular weight is 168 g/mol. The van der Waals surface area contributed by atoms with E-state index in [4.69, 9.17) is 5.26 Å². The lowest BCUT2D eigenvalue weighted by molar-refractivity contribution is -0.125. The third kappa shape index (κ3) is 2.28. The van der Waals surface area contributed by atoms with E-state index in [0.717, 1.165) is 24.7 Å². The number of thioether (sulfide) groups is 1. The summed E-state index contributed by atoms with van der Waals surface area (Å²) in [7, 11) is 0. The van der Waals surface area contributed by atoms with Crippen LogP contribution >= 0.6 is 11.8 Å². The smallest absolute Gasteiger partial charge is 0.237 e. The van der Waals surface area contributed by atoms with Crippen LogP contribution in [0.1, 0.15) is 6.42 Å². The summed E-state index contributed by atoms with van der Waals surface area (Å²) in [5.41, 5.74) is 0. The minimum absolute atomic E-state index is 0.0188. The zero-order valence-corrected chi connectivity index (χ0v) is 6.80. The first-order valence-electron chi connectivity index (χ1n) is 3.31. The van der Waals surface area contributed by atoms with Gasteiger partial charge in [-0.2, -0.15) is 5.26 Å². The highest BCUT2D eigenvalue weighted by molar-refractivity contribution is 8.04. The van der Waals surface area contributed by atoms with Gasteiger partial charge in [0.15, 0.2) is 0 Å². The Morgan fingerprint density at radius 3 is 3.18 bits per heavy atom. The van der Waals surface area contributed by atoms with Crippen LogP contribution < -0.4 is 0 Å². The first-order chi connectivity index (χ1) is 5.34. The molecule has 0 aliphatic carbocycles. The number of nitrogens with zero attached hydrogens (tertiary/aromatic N) is 2. The summed E-state index contributed by atoms with van der Waals surface area (Å²) in [5, 5.41) is 10.0. The molecule has 11 heavy (non-hydrogen) atoms. The van der Waals surface area contributed by atoms with Gasteiger partial charge in [0.1, 0.15) is 5.40 Å². The highest BCUT2D eigenvalue weighted by atomic mass is 32.2. The van der Waals surface area contributed by atoms with Gasteiger partial charge in [-0.15, -0.1) is 0 Å². The van der Waals surface area contributed by atoms with Crippen LogP contribution in [0.4, 0.5) is 0 Å². The van der Waals surface area contributed by atoms with Gasteiger partial charge in [0.25, 0.3) is 0 Å². The number of carbonyl (C=O) groups is 1. The lowest BCUT2D eigenvalue weighted by atomic mass is 10.5. The molecule has 1 amide bonds. The molecule has 0 atom stereocenters. The van der Waals surface area contributed by atoms with Crippen molar-refractivity contribution in [1.82, 2.24) is 4.90 Å². The van der Waals surface area contributed by atoms with Crippen LogP contribution in [0.5, 0.6) is 0 Å². The topological polar surface area (TPSA) is 44.1 Å². The molecule has 0 aromatic rings. The van der Waals surface area contributed by atoms with Gasteiger partial charge in [0.2, 0.25) is 5.91 Å². The van der Waals surface area contributed by atoms with Crippen molar-refractivity contribution in [3.05, 3.63) is 12.3 Å². The first kappa shape index (κ1) is 8.15. The molecule has 0 radical (unpaired) electrons. The summed E-state index contributed by atoms with van der Waals surface area (Å²) < 4.78 is 0. The molecule has 0 saturated heterocycles. The van der Waals surface area contributed by atoms with Gasteiger partial charge in [-0.25, -0.2) is 0 Å². The molecule has 0 bridgehead atoms. The second-order valence-electron chi connectivity index (χ2n) is 2.14. The number of nitriles is 1. The van der Waals surface area contributed by atoms with E-state index in [-0.39, 0.29) is 11.7 Å². The molecular weight excluding hydrogens is 160 g/mol. The molecule has 1 heterocycles. The van der Waals surface area contributed by atoms with Crippen LogP contribution in [-0.4, -0.2) is 23.1 Å². The van der Waals surface area contributed by atoms with Crippen molar-refractivity contribution >= 4 is 17.7 Å². The number of rotatable bonds is 2. The molecule has 0 aromatic carbocycles. The van der Waals surface area contributed by atoms with Crippen molar-refractivity contribution in [1.29, 1.82) is 5.26 Å². The third-order valence-corrected chi connectivity index (χ3v) is 1.92. The Bertz CT molecular complexity index is 219. The fourth-order valence-electron chi connectivity index (χ4n) is 0.875. The normalized spacial score (nSPS) is 15.0. The molecule has 3 nitrogen and oxygen atoms in total. The maximum Gasteiger partial charge on any atom is 0.237 e. The molecule has 4 heteroatoms. The van der Waals surface area contributed by atoms with E-state index in [0.29, 0.717) is 0 Å². The van der Waals surface area contributed by atoms with Gasteiger partial charge in [0, 0.05) is 12.7 Å². The molecule has 58 valence electrons. The molecule has 1 rings (SSSR count). The van der Waals surface area contributed by atoms with Crippen LogP contribution in [0.15, 0.2) is 12.3 Å². The monoisotopic (exact) mass is 168 g/mol. The Balaban J connectivity index is 2.30. The molecule has 0 unspecified atom stereocenters. The minimum Gasteiger partial charge on any atom is -0.318 e. The summed E-state index contributed by atoms with van der Waals surface area (Å²) in [6.45, 7) is 0.769. The van der Waals surface area contributed by atoms with E-state index < -0.39 is 0 Å². The van der Waals surface area contributed by atoms with E-state index in [1.165, 1.54) is 0 Å². The lowest BCUT2D eigenvalue weighted by Gasteiger charge is -2.10. The van der Waals surface area contributed by atoms with Crippen molar-refractivity contribution < 1.29 is 4.79 Å². The van der Waals surface area contributed by atoms with Crippen LogP contribution in [0.3, 0.4) is 0 Å². The number of amides is 1. The molecule has 0 N–H and O–H groups in total. The Morgan fingerprint density at radius 1 is 1.82 bits per heavy atom. The molecule has 0 aromatic heterocycles. The van der Waals surface area contributed by atoms with E-state index >= 15 is 0 Å². The Kier molecular flexibility index (Phi) is 2.99. The molecule has 0 saturated carbocycles. The van der Waals surface area contributed by atoms with E-state index in [2.05, 4.69) is 0 Å². The van der Waals surface area contributed by atoms with Crippen molar-refractivity contribution in [2.24, 2.45) is 0 Å². The summed E-state index contributed by atoms with van der Waals surface area (Å²) in [4.78, 5) is 12.8. The Morgan fingerprint density at radius 2 is 2.64 bits per heavy atom. The maximum atomic E-state index is 11.1. The summed E-state index contributed by atoms with van der Waals surface area (Å²) in [5.74, 6) is 0.284. The Hall–Kier alpha value is -0.950. The second-order valence-corrected chi connectivity index (χ2v) is 2.90. The van der Waals surface area contributed by atoms with Crippen LogP contribution in [0, 0.1) is 10.7 Å². The van der Waals surface area contributed by atoms with E-state index in [9.17, 15) is 4.79 Å². The molecule has 0 spiro atoms. The number of thiocyanates is 1. The number of hydrogen-bond donors (Lipinski definition) is 0. The van der Waals surface area contributed by atoms with Gasteiger partial charge < -0.3 is 4.90 Å². The predicted octanol–water partition coefficient (Wildman–Crippen LogP) is 0.947. The van der Waals surface area contributed by atoms with E-state index in [1.54, 1.807) is 11.1 Å². The largest absolute Gasteiger partial charge is 0.318 e. The standard InChI is InChI=1S/C7H8N2OS/c8-6-11-5-7(10)9-3-1-2-4-9/h1,3H,2,4-5H2. The lowest BCUT2D eigenvalue weighted by Crippen LogP contribution is -2.25. The highest BCUT2D eigenvalue weighted by Crippen LogP contribution is 2.07. The van der Waals surface area contributed by atoms with Crippen LogP contribution in [-0.2, 0) is 4.79 Å². The molecule has 1 aliphatic rings. The SMILES string of the molecule is N#CSCC(=O)N1C=CCC1. The second kappa shape index (κ2) is 4.04. The zero-order valence-electron chi connectivity index (χ0n) is 5.99. The quantitative estimate of drug-likeness (QED) is 0.576. The van der Waals surface area contributed by atoms with Crippen LogP contribution in [0.25, 0.3) is 0 Å². The Labute approximate surface area is 69.7 Å². The zero-order chi connectivity index (χ0) is 8.10. The highest BCUT2D eigenvalue weighted by Gasteiger charge is 2.12. The van der Waals surface area contributed by atoms with Gasteiger partial charge in [-0.3, -0.25) is 4.79 Å². The summed E-state index contributed by atoms with van der Waals surface area (Å²) >= 11 is 0.984. The molecule has 0 fully saturated rings. The predicted molar refractivity (Wildman–Crippen MR) is 43.5 cm³/mol. The van der Waals surface area contributed by atoms with Crippen LogP contribution in [0.2, 0.25) is 0 Å². The van der Waals surface area contributed by atoms with Crippen molar-refractivity contribution in [3.63, 3.8) is 0 Å². The third-order valence-electron chi connectivity index (χ3n) is 1.40. The molecular formula is C7H8N2OS. The van der Waals surface area contributed by atoms with Crippen molar-refractivity contribution in [2.75, 3.05) is 12.3 Å². The fraction of sp³-hybridized carbons (Fsp3) is 0.429.